The van der Waals surface area contributed by atoms with E-state index in [1.54, 1.807) is 6.92 Å². The Hall–Kier alpha value is -3.90. The minimum atomic E-state index is -0.363. The van der Waals surface area contributed by atoms with Gasteiger partial charge in [-0.15, -0.1) is 0 Å². The average molecular weight is 2060 g/mol. The van der Waals surface area contributed by atoms with Crippen LogP contribution in [0, 0.1) is 72.9 Å². The van der Waals surface area contributed by atoms with Crippen molar-refractivity contribution in [2.45, 2.75) is 519 Å². The summed E-state index contributed by atoms with van der Waals surface area (Å²) in [6, 6.07) is 14.9. The number of benzene rings is 1. The Morgan fingerprint density at radius 1 is 0.299 bits per heavy atom. The lowest BCUT2D eigenvalue weighted by atomic mass is 9.71. The van der Waals surface area contributed by atoms with E-state index in [0.717, 1.165) is 342 Å². The van der Waals surface area contributed by atoms with Crippen molar-refractivity contribution in [3.8, 4) is 0 Å². The third kappa shape index (κ3) is 45.7. The summed E-state index contributed by atoms with van der Waals surface area (Å²) in [5, 5.41) is 9.24. The van der Waals surface area contributed by atoms with E-state index in [9.17, 15) is 43.5 Å². The van der Waals surface area contributed by atoms with E-state index in [-0.39, 0.29) is 49.4 Å². The number of hydrogen-bond acceptors (Lipinski definition) is 20. The van der Waals surface area contributed by atoms with Gasteiger partial charge in [0.2, 0.25) is 0 Å². The molecule has 11 heterocycles. The van der Waals surface area contributed by atoms with E-state index < -0.39 is 0 Å². The number of nitrogens with zero attached hydrogens (tertiary/aromatic N) is 8. The van der Waals surface area contributed by atoms with E-state index in [1.165, 1.54) is 19.3 Å². The van der Waals surface area contributed by atoms with Crippen LogP contribution in [-0.4, -0.2) is 289 Å². The van der Waals surface area contributed by atoms with Crippen LogP contribution in [0.3, 0.4) is 0 Å². The maximum absolute atomic E-state index is 12.6. The molecule has 1 aromatic rings. The van der Waals surface area contributed by atoms with E-state index in [1.807, 2.05) is 30.3 Å². The molecular weight excluding hydrogens is 1830 g/mol. The summed E-state index contributed by atoms with van der Waals surface area (Å²) in [4.78, 5) is 119. The van der Waals surface area contributed by atoms with Crippen molar-refractivity contribution in [2.75, 3.05) is 138 Å². The molecule has 0 radical (unpaired) electrons. The van der Waals surface area contributed by atoms with Gasteiger partial charge in [0.1, 0.15) is 46.3 Å². The number of piperidine rings is 8. The van der Waals surface area contributed by atoms with Gasteiger partial charge in [0.05, 0.1) is 12.2 Å². The molecule has 0 saturated carbocycles. The van der Waals surface area contributed by atoms with Crippen molar-refractivity contribution in [1.82, 2.24) is 39.2 Å². The van der Waals surface area contributed by atoms with Gasteiger partial charge in [-0.1, -0.05) is 127 Å². The minimum Gasteiger partial charge on any atom is -0.393 e. The first kappa shape index (κ1) is 134. The molecule has 11 fully saturated rings. The summed E-state index contributed by atoms with van der Waals surface area (Å²) in [6.45, 7) is 89.5. The highest BCUT2D eigenvalue weighted by Crippen LogP contribution is 2.45. The molecule has 12 rings (SSSR count). The van der Waals surface area contributed by atoms with Crippen LogP contribution in [0.4, 0.5) is 0 Å². The number of aliphatic hydroxyl groups is 1. The van der Waals surface area contributed by atoms with E-state index >= 15 is 0 Å². The predicted molar refractivity (Wildman–Crippen MR) is 614 cm³/mol. The number of carbonyl (C=O) groups excluding carboxylic acids is 8. The monoisotopic (exact) mass is 2060 g/mol. The number of ketones is 8. The highest BCUT2D eigenvalue weighted by Gasteiger charge is 2.46. The van der Waals surface area contributed by atoms with Gasteiger partial charge in [-0.3, -0.25) is 38.4 Å². The summed E-state index contributed by atoms with van der Waals surface area (Å²) in [6.07, 6.45) is 36.9. The third-order valence-electron chi connectivity index (χ3n) is 37.7. The smallest absolute Gasteiger partial charge is 0.143 e. The number of Topliss-reactive ketones (excluding diaryl/α,β-unsaturated/α-hetero) is 8. The van der Waals surface area contributed by atoms with Crippen LogP contribution in [0.5, 0.6) is 0 Å². The topological polar surface area (TPSA) is 210 Å². The molecule has 3 atom stereocenters. The van der Waals surface area contributed by atoms with E-state index in [0.29, 0.717) is 156 Å². The third-order valence-corrected chi connectivity index (χ3v) is 37.7. The fraction of sp³-hybridized carbons (Fsp3) is 0.890. The molecule has 1 aromatic carbocycles. The zero-order valence-electron chi connectivity index (χ0n) is 101. The number of hydrogen-bond donors (Lipinski definition) is 1. The molecule has 1 N–H and O–H groups in total. The average Bonchev–Trinajstić information content (AvgIpc) is 0.973. The summed E-state index contributed by atoms with van der Waals surface area (Å²) < 4.78 is 16.5. The van der Waals surface area contributed by atoms with Gasteiger partial charge < -0.3 is 58.5 Å². The summed E-state index contributed by atoms with van der Waals surface area (Å²) in [5.41, 5.74) is 0.610. The first-order valence-electron chi connectivity index (χ1n) is 60.7. The lowest BCUT2D eigenvalue weighted by Crippen LogP contribution is -2.46. The number of rotatable bonds is 40. The Morgan fingerprint density at radius 3 is 0.857 bits per heavy atom. The molecule has 3 unspecified atom stereocenters. The maximum atomic E-state index is 12.6. The molecule has 852 valence electrons. The number of likely N-dealkylation sites (tertiary alicyclic amines) is 8. The standard InChI is InChI=1S/2C17H31NO2.C17H25NO.C16H29NO2.C16H31NO.2C15H29NO.C14H27NO2/c1-14(2)18-10-8-17(3,9-11-18)16(19)5-4-15-6-12-20-13-7-15;1-14(2)18-10-8-17(3,9-11-18)16(19)7-6-15-5-4-12-20-13-15;1-14(2)18-11-9-17(3,10-12-18)16(19)13-15-7-5-4-6-8-15;1-13(2)17-10-8-16(3,9-11-17)15(18)7-6-14-5-4-12-19-14;1-6-16(15(18)8-7-13(2)3)9-11-17(12-10-16)14(4)5;1-12(2)6-7-14(17)15(5)8-10-16(11-9-15)13(3)4;1-6-15(14(17)11-12(2)3)7-9-16(10-8-15)13(4)5;1-11(2)15-9-7-14(4,8-10-15)13(17)6-5-12(3)16/h2*14-15H,4-13H2,1-3H3;4-8,14H,9-13H2,1-3H3;13-14H,4-12H2,1-3H3;13-14H,6-12H2,1-5H3;2*12-13H,6-11H2,1-5H3;11-12,16H,5-10H2,1-4H3. The van der Waals surface area contributed by atoms with Crippen molar-refractivity contribution < 1.29 is 57.7 Å². The van der Waals surface area contributed by atoms with Crippen LogP contribution in [0.15, 0.2) is 30.3 Å². The molecule has 0 amide bonds. The number of aliphatic hydroxyl groups excluding tert-OH is 1. The van der Waals surface area contributed by atoms with Crippen LogP contribution in [0.25, 0.3) is 0 Å². The van der Waals surface area contributed by atoms with Gasteiger partial charge >= 0.3 is 0 Å². The fourth-order valence-electron chi connectivity index (χ4n) is 23.9. The van der Waals surface area contributed by atoms with Gasteiger partial charge in [0, 0.05) is 176 Å². The van der Waals surface area contributed by atoms with Gasteiger partial charge in [-0.2, -0.15) is 0 Å². The van der Waals surface area contributed by atoms with Crippen LogP contribution in [0.2, 0.25) is 0 Å². The molecule has 0 aromatic heterocycles. The van der Waals surface area contributed by atoms with Crippen LogP contribution < -0.4 is 0 Å². The molecule has 11 aliphatic rings. The van der Waals surface area contributed by atoms with Crippen molar-refractivity contribution in [2.24, 2.45) is 72.9 Å². The molecule has 20 heteroatoms. The molecular formula is C127H232N8O12. The molecule has 0 spiro atoms. The second kappa shape index (κ2) is 66.0. The lowest BCUT2D eigenvalue weighted by Gasteiger charge is -2.42. The van der Waals surface area contributed by atoms with Gasteiger partial charge in [-0.25, -0.2) is 0 Å². The first-order valence-corrected chi connectivity index (χ1v) is 60.7. The van der Waals surface area contributed by atoms with Crippen LogP contribution >= 0.6 is 0 Å². The van der Waals surface area contributed by atoms with Crippen LogP contribution in [0.1, 0.15) is 458 Å². The van der Waals surface area contributed by atoms with Gasteiger partial charge in [0.15, 0.2) is 0 Å². The normalized spacial score (nSPS) is 23.3. The Bertz CT molecular complexity index is 3710. The van der Waals surface area contributed by atoms with Crippen molar-refractivity contribution >= 4 is 46.3 Å². The minimum absolute atomic E-state index is 0.000278. The second-order valence-corrected chi connectivity index (χ2v) is 53.0. The highest BCUT2D eigenvalue weighted by molar-refractivity contribution is 5.89. The summed E-state index contributed by atoms with van der Waals surface area (Å²) >= 11 is 0. The number of carbonyl (C=O) groups is 8. The molecule has 147 heavy (non-hydrogen) atoms. The Balaban J connectivity index is 0.000000296. The quantitative estimate of drug-likeness (QED) is 0.0647. The van der Waals surface area contributed by atoms with E-state index in [4.69, 9.17) is 14.2 Å². The highest BCUT2D eigenvalue weighted by atomic mass is 16.5. The molecule has 11 aliphatic heterocycles. The van der Waals surface area contributed by atoms with Crippen molar-refractivity contribution in [3.05, 3.63) is 35.9 Å². The zero-order valence-corrected chi connectivity index (χ0v) is 101. The maximum Gasteiger partial charge on any atom is 0.143 e. The largest absolute Gasteiger partial charge is 0.393 e. The molecule has 11 saturated heterocycles. The second-order valence-electron chi connectivity index (χ2n) is 53.0. The summed E-state index contributed by atoms with van der Waals surface area (Å²) in [7, 11) is 0. The van der Waals surface area contributed by atoms with Crippen molar-refractivity contribution in [1.29, 1.82) is 0 Å². The zero-order chi connectivity index (χ0) is 110. The van der Waals surface area contributed by atoms with Gasteiger partial charge in [0.25, 0.3) is 0 Å². The van der Waals surface area contributed by atoms with Gasteiger partial charge in [-0.05, 0) is 450 Å². The van der Waals surface area contributed by atoms with Crippen LogP contribution in [-0.2, 0) is 59.0 Å². The Labute approximate surface area is 903 Å². The molecule has 0 aliphatic carbocycles. The van der Waals surface area contributed by atoms with E-state index in [2.05, 4.69) is 247 Å². The number of ether oxygens (including phenoxy) is 3. The first-order chi connectivity index (χ1) is 69.1. The predicted octanol–water partition coefficient (Wildman–Crippen LogP) is 26.0. The Morgan fingerprint density at radius 2 is 0.578 bits per heavy atom. The summed E-state index contributed by atoms with van der Waals surface area (Å²) in [5.74, 6) is 6.84. The molecule has 0 bridgehead atoms. The molecule has 20 nitrogen and oxygen atoms in total. The van der Waals surface area contributed by atoms with Crippen molar-refractivity contribution in [3.63, 3.8) is 0 Å². The SMILES string of the molecule is CC(C)CCC(=O)C1(C)CCN(C(C)C)CC1.CC(C)N1CCC(C)(C(=O)CCC2CCCO2)CC1.CC(C)N1CCC(C)(C(=O)CCC2CCCOC2)CC1.CC(C)N1CCC(C)(C(=O)CCC2CCOCC2)CC1.CC(C)N1CCC(C)(C(=O)Cc2ccccc2)CC1.CC(O)CCC(=O)C1(C)CCN(C(C)C)CC1.CCC1(C(=O)CC(C)C)CCN(C(C)C)CC1.CCC1(C(=O)CCC(C)C)CCN(C(C)C)CC1. The Kier molecular flexibility index (Phi) is 59.9. The fourth-order valence-corrected chi connectivity index (χ4v) is 23.9. The lowest BCUT2D eigenvalue weighted by molar-refractivity contribution is -0.133.